The third kappa shape index (κ3) is 4.41. The van der Waals surface area contributed by atoms with Crippen molar-refractivity contribution in [2.45, 2.75) is 38.0 Å². The largest absolute Gasteiger partial charge is 0.264 e. The molecule has 1 aliphatic rings. The topological polar surface area (TPSA) is 112 Å². The van der Waals surface area contributed by atoms with Crippen LogP contribution in [-0.2, 0) is 9.68 Å². The van der Waals surface area contributed by atoms with E-state index in [0.717, 1.165) is 21.9 Å². The van der Waals surface area contributed by atoms with E-state index in [2.05, 4.69) is 0 Å². The zero-order chi connectivity index (χ0) is 21.0. The quantitative estimate of drug-likeness (QED) is 0.544. The molecule has 0 amide bonds. The Morgan fingerprint density at radius 1 is 1.17 bits per heavy atom. The molecule has 1 heterocycles. The molecule has 8 nitrogen and oxygen atoms in total. The Hall–Kier alpha value is -3.30. The average Bonchev–Trinajstić information content (AvgIpc) is 3.07. The Bertz CT molecular complexity index is 946. The number of rotatable bonds is 6. The maximum Gasteiger partial charge on any atom is 0.247 e. The Morgan fingerprint density at radius 2 is 1.72 bits per heavy atom. The Balaban J connectivity index is 1.89. The molecule has 0 N–H and O–H groups in total. The van der Waals surface area contributed by atoms with Gasteiger partial charge in [-0.25, -0.2) is 0 Å². The van der Waals surface area contributed by atoms with E-state index in [9.17, 15) is 20.6 Å². The van der Waals surface area contributed by atoms with Gasteiger partial charge in [-0.3, -0.25) is 19.8 Å². The van der Waals surface area contributed by atoms with E-state index < -0.39 is 29.2 Å². The van der Waals surface area contributed by atoms with Gasteiger partial charge < -0.3 is 0 Å². The molecular weight excluding hydrogens is 372 g/mol. The summed E-state index contributed by atoms with van der Waals surface area (Å²) in [6.07, 6.45) is -1.53. The summed E-state index contributed by atoms with van der Waals surface area (Å²) in [5.74, 6) is 0. The first-order valence-electron chi connectivity index (χ1n) is 9.08. The van der Waals surface area contributed by atoms with Crippen molar-refractivity contribution in [3.8, 4) is 12.1 Å². The molecular formula is C21H20N4O4. The molecule has 0 aliphatic carbocycles. The summed E-state index contributed by atoms with van der Waals surface area (Å²) in [6.45, 7) is 3.32. The van der Waals surface area contributed by atoms with E-state index in [1.807, 2.05) is 62.4 Å². The minimum absolute atomic E-state index is 0.0577. The van der Waals surface area contributed by atoms with Gasteiger partial charge in [0.25, 0.3) is 0 Å². The molecule has 2 aromatic rings. The smallest absolute Gasteiger partial charge is 0.247 e. The number of nitrogens with zero attached hydrogens (tertiary/aromatic N) is 4. The second kappa shape index (κ2) is 8.38. The first-order valence-corrected chi connectivity index (χ1v) is 9.08. The fraction of sp³-hybridized carbons (Fsp3) is 0.333. The molecule has 1 saturated heterocycles. The van der Waals surface area contributed by atoms with Gasteiger partial charge in [0.1, 0.15) is 18.2 Å². The van der Waals surface area contributed by atoms with Crippen molar-refractivity contribution in [1.29, 1.82) is 10.5 Å². The first-order chi connectivity index (χ1) is 13.9. The maximum atomic E-state index is 11.2. The number of nitro groups is 1. The molecule has 148 valence electrons. The van der Waals surface area contributed by atoms with Crippen molar-refractivity contribution in [2.24, 2.45) is 0 Å². The van der Waals surface area contributed by atoms with Gasteiger partial charge in [-0.1, -0.05) is 59.7 Å². The maximum absolute atomic E-state index is 11.2. The highest BCUT2D eigenvalue weighted by Crippen LogP contribution is 2.41. The van der Waals surface area contributed by atoms with Crippen LogP contribution in [-0.4, -0.2) is 22.2 Å². The van der Waals surface area contributed by atoms with Crippen molar-refractivity contribution < 1.29 is 14.6 Å². The monoisotopic (exact) mass is 392 g/mol. The van der Waals surface area contributed by atoms with Crippen LogP contribution in [0, 0.1) is 46.6 Å². The van der Waals surface area contributed by atoms with Gasteiger partial charge in [-0.15, -0.1) is 0 Å². The minimum atomic E-state index is -1.71. The molecule has 1 fully saturated rings. The van der Waals surface area contributed by atoms with E-state index >= 15 is 0 Å². The molecule has 3 rings (SSSR count). The van der Waals surface area contributed by atoms with Crippen molar-refractivity contribution >= 4 is 0 Å². The summed E-state index contributed by atoms with van der Waals surface area (Å²) in [5.41, 5.74) is 1.69. The van der Waals surface area contributed by atoms with Crippen LogP contribution in [0.4, 0.5) is 0 Å². The van der Waals surface area contributed by atoms with E-state index in [4.69, 9.17) is 9.68 Å². The lowest BCUT2D eigenvalue weighted by atomic mass is 9.94. The van der Waals surface area contributed by atoms with E-state index in [1.54, 1.807) is 12.1 Å². The van der Waals surface area contributed by atoms with E-state index in [-0.39, 0.29) is 6.42 Å². The van der Waals surface area contributed by atoms with Crippen molar-refractivity contribution in [3.63, 3.8) is 0 Å². The molecule has 0 spiro atoms. The summed E-state index contributed by atoms with van der Waals surface area (Å²) >= 11 is 0. The predicted octanol–water partition coefficient (Wildman–Crippen LogP) is 3.72. The Labute approximate surface area is 168 Å². The molecule has 0 saturated carbocycles. The summed E-state index contributed by atoms with van der Waals surface area (Å²) in [4.78, 5) is 22.2. The first kappa shape index (κ1) is 20.4. The van der Waals surface area contributed by atoms with Gasteiger partial charge in [0.05, 0.1) is 0 Å². The molecule has 1 aliphatic heterocycles. The molecule has 8 heteroatoms. The summed E-state index contributed by atoms with van der Waals surface area (Å²) in [5, 5.41) is 31.4. The van der Waals surface area contributed by atoms with Gasteiger partial charge >= 0.3 is 0 Å². The lowest BCUT2D eigenvalue weighted by Crippen LogP contribution is -2.42. The molecule has 0 radical (unpaired) electrons. The van der Waals surface area contributed by atoms with Crippen LogP contribution in [0.25, 0.3) is 0 Å². The number of benzene rings is 2. The Morgan fingerprint density at radius 3 is 2.24 bits per heavy atom. The lowest BCUT2D eigenvalue weighted by molar-refractivity contribution is -0.511. The highest BCUT2D eigenvalue weighted by atomic mass is 17.0. The Kier molecular flexibility index (Phi) is 5.90. The minimum Gasteiger partial charge on any atom is -0.264 e. The summed E-state index contributed by atoms with van der Waals surface area (Å²) in [6, 6.07) is 18.5. The van der Waals surface area contributed by atoms with Gasteiger partial charge in [-0.05, 0) is 30.2 Å². The van der Waals surface area contributed by atoms with Gasteiger partial charge in [0.2, 0.25) is 12.1 Å². The summed E-state index contributed by atoms with van der Waals surface area (Å²) < 4.78 is 0. The van der Waals surface area contributed by atoms with Crippen LogP contribution in [0.1, 0.15) is 40.9 Å². The van der Waals surface area contributed by atoms with Crippen molar-refractivity contribution in [3.05, 3.63) is 80.9 Å². The standard InChI is InChI=1S/C21H20N4O4/c1-15-3-7-17(8-4-15)19-11-21(13-22,14-23)25(28-19)29-20(12-24(26)27)18-9-5-16(2)6-10-18/h3-10,19-20H,11-12H2,1-2H3. The molecule has 2 atom stereocenters. The molecule has 0 bridgehead atoms. The van der Waals surface area contributed by atoms with Crippen LogP contribution >= 0.6 is 0 Å². The third-order valence-electron chi connectivity index (χ3n) is 4.82. The van der Waals surface area contributed by atoms with Crippen LogP contribution in [0.15, 0.2) is 48.5 Å². The zero-order valence-corrected chi connectivity index (χ0v) is 16.1. The fourth-order valence-corrected chi connectivity index (χ4v) is 3.09. The van der Waals surface area contributed by atoms with E-state index in [1.165, 1.54) is 0 Å². The van der Waals surface area contributed by atoms with Crippen LogP contribution < -0.4 is 0 Å². The van der Waals surface area contributed by atoms with Gasteiger partial charge in [0.15, 0.2) is 6.10 Å². The molecule has 29 heavy (non-hydrogen) atoms. The second-order valence-electron chi connectivity index (χ2n) is 7.07. The highest BCUT2D eigenvalue weighted by molar-refractivity contribution is 5.29. The number of nitriles is 2. The van der Waals surface area contributed by atoms with Gasteiger partial charge in [0, 0.05) is 11.3 Å². The SMILES string of the molecule is Cc1ccc(C(C[N+](=O)[O-])ON2OC(c3ccc(C)cc3)CC2(C#N)C#N)cc1. The third-order valence-corrected chi connectivity index (χ3v) is 4.82. The summed E-state index contributed by atoms with van der Waals surface area (Å²) in [7, 11) is 0. The van der Waals surface area contributed by atoms with Crippen LogP contribution in [0.3, 0.4) is 0 Å². The lowest BCUT2D eigenvalue weighted by Gasteiger charge is -2.26. The number of aryl methyl sites for hydroxylation is 2. The van der Waals surface area contributed by atoms with Gasteiger partial charge in [-0.2, -0.15) is 10.5 Å². The zero-order valence-electron chi connectivity index (χ0n) is 16.1. The predicted molar refractivity (Wildman–Crippen MR) is 102 cm³/mol. The number of hydroxylamine groups is 2. The second-order valence-corrected chi connectivity index (χ2v) is 7.07. The van der Waals surface area contributed by atoms with Crippen LogP contribution in [0.5, 0.6) is 0 Å². The van der Waals surface area contributed by atoms with Crippen molar-refractivity contribution in [2.75, 3.05) is 6.54 Å². The number of hydrogen-bond donors (Lipinski definition) is 0. The average molecular weight is 392 g/mol. The molecule has 0 aromatic heterocycles. The highest BCUT2D eigenvalue weighted by Gasteiger charge is 2.52. The van der Waals surface area contributed by atoms with Crippen LogP contribution in [0.2, 0.25) is 0 Å². The normalized spacial score (nSPS) is 19.2. The number of hydrogen-bond acceptors (Lipinski definition) is 7. The molecule has 2 aromatic carbocycles. The van der Waals surface area contributed by atoms with Crippen molar-refractivity contribution in [1.82, 2.24) is 5.23 Å². The van der Waals surface area contributed by atoms with E-state index in [0.29, 0.717) is 5.56 Å². The molecule has 2 unspecified atom stereocenters. The fourth-order valence-electron chi connectivity index (χ4n) is 3.09.